The fraction of sp³-hybridized carbons (Fsp3) is 0.190. The van der Waals surface area contributed by atoms with Crippen molar-refractivity contribution in [3.05, 3.63) is 65.0 Å². The van der Waals surface area contributed by atoms with E-state index in [2.05, 4.69) is 15.6 Å². The molecule has 8 heteroatoms. The summed E-state index contributed by atoms with van der Waals surface area (Å²) < 4.78 is 1.95. The van der Waals surface area contributed by atoms with Gasteiger partial charge in [0.1, 0.15) is 0 Å². The van der Waals surface area contributed by atoms with E-state index in [-0.39, 0.29) is 18.4 Å². The summed E-state index contributed by atoms with van der Waals surface area (Å²) in [6.45, 7) is 1.90. The summed E-state index contributed by atoms with van der Waals surface area (Å²) in [5, 5.41) is 7.79. The van der Waals surface area contributed by atoms with E-state index in [1.807, 2.05) is 67.1 Å². The van der Waals surface area contributed by atoms with Crippen LogP contribution in [0.25, 0.3) is 11.3 Å². The molecule has 2 aromatic carbocycles. The second kappa shape index (κ2) is 9.69. The van der Waals surface area contributed by atoms with Crippen molar-refractivity contribution >= 4 is 40.2 Å². The molecule has 0 bridgehead atoms. The van der Waals surface area contributed by atoms with Crippen LogP contribution >= 0.6 is 23.3 Å². The number of carbonyl (C=O) groups excluding carboxylic acids is 2. The van der Waals surface area contributed by atoms with Gasteiger partial charge in [-0.2, -0.15) is 0 Å². The predicted molar refractivity (Wildman–Crippen MR) is 119 cm³/mol. The van der Waals surface area contributed by atoms with E-state index in [0.29, 0.717) is 10.7 Å². The number of hydrogen-bond acceptors (Lipinski definition) is 6. The Balaban J connectivity index is 1.54. The van der Waals surface area contributed by atoms with Gasteiger partial charge in [0.05, 0.1) is 12.2 Å². The van der Waals surface area contributed by atoms with Gasteiger partial charge >= 0.3 is 0 Å². The summed E-state index contributed by atoms with van der Waals surface area (Å²) in [4.78, 5) is 29.9. The minimum atomic E-state index is -0.317. The fourth-order valence-corrected chi connectivity index (χ4v) is 4.08. The van der Waals surface area contributed by atoms with Gasteiger partial charge in [0.15, 0.2) is 5.13 Å². The molecule has 0 aliphatic heterocycles. The van der Waals surface area contributed by atoms with Crippen molar-refractivity contribution in [1.82, 2.24) is 14.6 Å². The SMILES string of the molecule is Cc1cccc(-c2csc(NC(=O)CNC(=O)c3cccc(SN(C)C)c3)n2)c1. The summed E-state index contributed by atoms with van der Waals surface area (Å²) in [6, 6.07) is 15.3. The van der Waals surface area contributed by atoms with Crippen LogP contribution in [0.2, 0.25) is 0 Å². The molecule has 0 radical (unpaired) electrons. The largest absolute Gasteiger partial charge is 0.343 e. The molecule has 0 atom stereocenters. The minimum Gasteiger partial charge on any atom is -0.343 e. The van der Waals surface area contributed by atoms with Gasteiger partial charge in [0.2, 0.25) is 5.91 Å². The summed E-state index contributed by atoms with van der Waals surface area (Å²) in [7, 11) is 3.87. The van der Waals surface area contributed by atoms with Gasteiger partial charge in [-0.25, -0.2) is 4.98 Å². The molecule has 0 spiro atoms. The van der Waals surface area contributed by atoms with E-state index in [9.17, 15) is 9.59 Å². The molecule has 1 heterocycles. The number of aryl methyl sites for hydroxylation is 1. The number of amides is 2. The molecule has 6 nitrogen and oxygen atoms in total. The molecular weight excluding hydrogens is 404 g/mol. The number of hydrogen-bond donors (Lipinski definition) is 2. The number of nitrogens with one attached hydrogen (secondary N) is 2. The first kappa shape index (κ1) is 21.0. The molecule has 2 amide bonds. The molecule has 3 rings (SSSR count). The second-order valence-electron chi connectivity index (χ2n) is 6.57. The van der Waals surface area contributed by atoms with E-state index in [0.717, 1.165) is 21.7 Å². The van der Waals surface area contributed by atoms with Gasteiger partial charge in [0.25, 0.3) is 5.91 Å². The van der Waals surface area contributed by atoms with E-state index in [4.69, 9.17) is 0 Å². The van der Waals surface area contributed by atoms with Crippen LogP contribution in [0.3, 0.4) is 0 Å². The van der Waals surface area contributed by atoms with E-state index in [1.54, 1.807) is 12.1 Å². The number of benzene rings is 2. The topological polar surface area (TPSA) is 74.3 Å². The van der Waals surface area contributed by atoms with Crippen LogP contribution in [-0.2, 0) is 4.79 Å². The third-order valence-corrected chi connectivity index (χ3v) is 5.45. The molecule has 0 fully saturated rings. The molecular formula is C21H22N4O2S2. The van der Waals surface area contributed by atoms with Crippen LogP contribution < -0.4 is 10.6 Å². The lowest BCUT2D eigenvalue weighted by molar-refractivity contribution is -0.115. The molecule has 29 heavy (non-hydrogen) atoms. The lowest BCUT2D eigenvalue weighted by Crippen LogP contribution is -2.32. The van der Waals surface area contributed by atoms with Gasteiger partial charge in [-0.05, 0) is 57.2 Å². The fourth-order valence-electron chi connectivity index (χ4n) is 2.60. The lowest BCUT2D eigenvalue weighted by Gasteiger charge is -2.10. The Labute approximate surface area is 178 Å². The van der Waals surface area contributed by atoms with Crippen LogP contribution in [0.4, 0.5) is 5.13 Å². The third-order valence-electron chi connectivity index (χ3n) is 3.86. The first-order chi connectivity index (χ1) is 13.9. The monoisotopic (exact) mass is 426 g/mol. The van der Waals surface area contributed by atoms with Crippen molar-refractivity contribution in [3.63, 3.8) is 0 Å². The molecule has 3 aromatic rings. The van der Waals surface area contributed by atoms with Crippen molar-refractivity contribution in [1.29, 1.82) is 0 Å². The van der Waals surface area contributed by atoms with Crippen molar-refractivity contribution < 1.29 is 9.59 Å². The maximum atomic E-state index is 12.3. The van der Waals surface area contributed by atoms with E-state index < -0.39 is 0 Å². The number of anilines is 1. The minimum absolute atomic E-state index is 0.122. The van der Waals surface area contributed by atoms with Crippen molar-refractivity contribution in [3.8, 4) is 11.3 Å². The number of carbonyl (C=O) groups is 2. The third kappa shape index (κ3) is 6.15. The summed E-state index contributed by atoms with van der Waals surface area (Å²) in [5.41, 5.74) is 3.48. The van der Waals surface area contributed by atoms with Crippen LogP contribution in [0, 0.1) is 6.92 Å². The van der Waals surface area contributed by atoms with Crippen molar-refractivity contribution in [2.24, 2.45) is 0 Å². The predicted octanol–water partition coefficient (Wildman–Crippen LogP) is 4.06. The van der Waals surface area contributed by atoms with Crippen LogP contribution in [-0.4, -0.2) is 41.7 Å². The Morgan fingerprint density at radius 2 is 1.93 bits per heavy atom. The Morgan fingerprint density at radius 1 is 1.14 bits per heavy atom. The Kier molecular flexibility index (Phi) is 7.03. The zero-order valence-corrected chi connectivity index (χ0v) is 18.1. The molecule has 150 valence electrons. The van der Waals surface area contributed by atoms with Crippen molar-refractivity contribution in [2.75, 3.05) is 26.0 Å². The second-order valence-corrected chi connectivity index (χ2v) is 8.81. The molecule has 2 N–H and O–H groups in total. The maximum absolute atomic E-state index is 12.3. The number of nitrogens with zero attached hydrogens (tertiary/aromatic N) is 2. The van der Waals surface area contributed by atoms with Gasteiger partial charge in [0, 0.05) is 21.4 Å². The van der Waals surface area contributed by atoms with Gasteiger partial charge < -0.3 is 10.6 Å². The Morgan fingerprint density at radius 3 is 2.69 bits per heavy atom. The summed E-state index contributed by atoms with van der Waals surface area (Å²) in [5.74, 6) is -0.608. The van der Waals surface area contributed by atoms with Gasteiger partial charge in [-0.15, -0.1) is 11.3 Å². The zero-order chi connectivity index (χ0) is 20.8. The van der Waals surface area contributed by atoms with Crippen LogP contribution in [0.5, 0.6) is 0 Å². The molecule has 0 saturated carbocycles. The average Bonchev–Trinajstić information content (AvgIpc) is 3.14. The highest BCUT2D eigenvalue weighted by atomic mass is 32.2. The average molecular weight is 427 g/mol. The van der Waals surface area contributed by atoms with Gasteiger partial charge in [-0.1, -0.05) is 29.8 Å². The Bertz CT molecular complexity index is 1020. The maximum Gasteiger partial charge on any atom is 0.251 e. The number of aromatic nitrogens is 1. The first-order valence-corrected chi connectivity index (χ1v) is 10.6. The Hall–Kier alpha value is -2.68. The summed E-state index contributed by atoms with van der Waals surface area (Å²) in [6.07, 6.45) is 0. The number of rotatable bonds is 7. The first-order valence-electron chi connectivity index (χ1n) is 8.96. The number of thiazole rings is 1. The highest BCUT2D eigenvalue weighted by Crippen LogP contribution is 2.25. The quantitative estimate of drug-likeness (QED) is 0.558. The normalized spacial score (nSPS) is 10.8. The van der Waals surface area contributed by atoms with Crippen LogP contribution in [0.15, 0.2) is 58.8 Å². The van der Waals surface area contributed by atoms with Crippen molar-refractivity contribution in [2.45, 2.75) is 11.8 Å². The lowest BCUT2D eigenvalue weighted by atomic mass is 10.1. The zero-order valence-electron chi connectivity index (χ0n) is 16.4. The van der Waals surface area contributed by atoms with E-state index >= 15 is 0 Å². The molecule has 0 saturated heterocycles. The molecule has 0 unspecified atom stereocenters. The molecule has 0 aliphatic carbocycles. The smallest absolute Gasteiger partial charge is 0.251 e. The summed E-state index contributed by atoms with van der Waals surface area (Å²) >= 11 is 2.88. The van der Waals surface area contributed by atoms with Gasteiger partial charge in [-0.3, -0.25) is 13.9 Å². The standard InChI is InChI=1S/C21H22N4O2S2/c1-14-6-4-7-15(10-14)18-13-28-21(23-18)24-19(26)12-22-20(27)16-8-5-9-17(11-16)29-25(2)3/h4-11,13H,12H2,1-3H3,(H,22,27)(H,23,24,26). The van der Waals surface area contributed by atoms with Crippen LogP contribution in [0.1, 0.15) is 15.9 Å². The highest BCUT2D eigenvalue weighted by Gasteiger charge is 2.11. The molecule has 0 aliphatic rings. The molecule has 1 aromatic heterocycles. The van der Waals surface area contributed by atoms with E-state index in [1.165, 1.54) is 23.3 Å². The highest BCUT2D eigenvalue weighted by molar-refractivity contribution is 7.97.